The van der Waals surface area contributed by atoms with Crippen LogP contribution < -0.4 is 5.32 Å². The molecule has 8 heteroatoms. The van der Waals surface area contributed by atoms with Gasteiger partial charge in [0.2, 0.25) is 15.9 Å². The Bertz CT molecular complexity index is 806. The van der Waals surface area contributed by atoms with Crippen LogP contribution in [0.4, 0.5) is 5.69 Å². The van der Waals surface area contributed by atoms with Gasteiger partial charge < -0.3 is 10.4 Å². The zero-order valence-corrected chi connectivity index (χ0v) is 13.8. The van der Waals surface area contributed by atoms with E-state index in [2.05, 4.69) is 5.32 Å². The Hall–Kier alpha value is -2.09. The predicted molar refractivity (Wildman–Crippen MR) is 88.0 cm³/mol. The van der Waals surface area contributed by atoms with Gasteiger partial charge in [0.15, 0.2) is 0 Å². The Balaban J connectivity index is 2.06. The molecule has 2 aromatic rings. The van der Waals surface area contributed by atoms with Gasteiger partial charge in [-0.25, -0.2) is 8.42 Å². The summed E-state index contributed by atoms with van der Waals surface area (Å²) in [5, 5.41) is 12.3. The molecule has 2 rings (SSSR count). The number of nitrogens with one attached hydrogen (secondary N) is 1. The fourth-order valence-corrected chi connectivity index (χ4v) is 3.11. The molecule has 0 spiro atoms. The molecule has 2 aromatic carbocycles. The summed E-state index contributed by atoms with van der Waals surface area (Å²) in [5.74, 6) is -0.513. The van der Waals surface area contributed by atoms with Gasteiger partial charge in [-0.3, -0.25) is 4.79 Å². The number of carbonyl (C=O) groups excluding carboxylic acids is 1. The van der Waals surface area contributed by atoms with Gasteiger partial charge in [0.1, 0.15) is 5.75 Å². The van der Waals surface area contributed by atoms with Crippen molar-refractivity contribution in [1.82, 2.24) is 4.31 Å². The number of sulfonamides is 1. The lowest BCUT2D eigenvalue weighted by Crippen LogP contribution is -2.34. The van der Waals surface area contributed by atoms with Gasteiger partial charge in [-0.2, -0.15) is 4.31 Å². The van der Waals surface area contributed by atoms with Crippen LogP contribution in [0.1, 0.15) is 0 Å². The van der Waals surface area contributed by atoms with Crippen LogP contribution in [0.3, 0.4) is 0 Å². The largest absolute Gasteiger partial charge is 0.508 e. The van der Waals surface area contributed by atoms with E-state index in [1.807, 2.05) is 0 Å². The molecule has 0 atom stereocenters. The minimum absolute atomic E-state index is 0.00457. The highest BCUT2D eigenvalue weighted by Gasteiger charge is 2.22. The number of amides is 1. The number of likely N-dealkylation sites (N-methyl/N-ethyl adjacent to an activating group) is 1. The highest BCUT2D eigenvalue weighted by atomic mass is 35.5. The summed E-state index contributed by atoms with van der Waals surface area (Å²) in [6.45, 7) is -0.361. The molecule has 0 heterocycles. The molecule has 0 aromatic heterocycles. The molecule has 0 bridgehead atoms. The number of hydrogen-bond acceptors (Lipinski definition) is 4. The van der Waals surface area contributed by atoms with Crippen molar-refractivity contribution in [1.29, 1.82) is 0 Å². The van der Waals surface area contributed by atoms with Gasteiger partial charge in [0.25, 0.3) is 0 Å². The third-order valence-corrected chi connectivity index (χ3v) is 5.09. The predicted octanol–water partition coefficient (Wildman–Crippen LogP) is 2.30. The number of aromatic hydroxyl groups is 1. The van der Waals surface area contributed by atoms with E-state index >= 15 is 0 Å². The van der Waals surface area contributed by atoms with E-state index in [9.17, 15) is 18.3 Å². The summed E-state index contributed by atoms with van der Waals surface area (Å²) in [4.78, 5) is 12.0. The molecule has 0 saturated carbocycles. The van der Waals surface area contributed by atoms with Crippen LogP contribution in [0.5, 0.6) is 5.75 Å². The van der Waals surface area contributed by atoms with Gasteiger partial charge in [0.05, 0.1) is 11.4 Å². The van der Waals surface area contributed by atoms with E-state index in [-0.39, 0.29) is 17.2 Å². The number of hydrogen-bond donors (Lipinski definition) is 2. The van der Waals surface area contributed by atoms with E-state index in [1.54, 1.807) is 12.1 Å². The Labute approximate surface area is 139 Å². The third-order valence-electron chi connectivity index (χ3n) is 3.02. The van der Waals surface area contributed by atoms with E-state index in [1.165, 1.54) is 43.4 Å². The van der Waals surface area contributed by atoms with Crippen molar-refractivity contribution >= 4 is 33.2 Å². The summed E-state index contributed by atoms with van der Waals surface area (Å²) in [5.41, 5.74) is 0.382. The van der Waals surface area contributed by atoms with Crippen LogP contribution in [0.25, 0.3) is 0 Å². The molecule has 0 aliphatic heterocycles. The van der Waals surface area contributed by atoms with E-state index in [4.69, 9.17) is 11.6 Å². The van der Waals surface area contributed by atoms with Crippen LogP contribution in [0.2, 0.25) is 5.02 Å². The van der Waals surface area contributed by atoms with Crippen molar-refractivity contribution in [3.63, 3.8) is 0 Å². The number of rotatable bonds is 5. The first-order chi connectivity index (χ1) is 10.8. The molecule has 6 nitrogen and oxygen atoms in total. The normalized spacial score (nSPS) is 11.4. The Morgan fingerprint density at radius 2 is 1.87 bits per heavy atom. The van der Waals surface area contributed by atoms with Crippen molar-refractivity contribution in [2.24, 2.45) is 0 Å². The van der Waals surface area contributed by atoms with Crippen LogP contribution in [0, 0.1) is 0 Å². The number of phenols is 1. The molecular weight excluding hydrogens is 340 g/mol. The van der Waals surface area contributed by atoms with Crippen LogP contribution >= 0.6 is 11.6 Å². The van der Waals surface area contributed by atoms with Gasteiger partial charge in [-0.1, -0.05) is 17.7 Å². The number of nitrogens with zero attached hydrogens (tertiary/aromatic N) is 1. The molecule has 23 heavy (non-hydrogen) atoms. The number of halogens is 1. The summed E-state index contributed by atoms with van der Waals surface area (Å²) in [7, 11) is -2.48. The monoisotopic (exact) mass is 354 g/mol. The summed E-state index contributed by atoms with van der Waals surface area (Å²) in [6.07, 6.45) is 0. The molecule has 122 valence electrons. The van der Waals surface area contributed by atoms with Gasteiger partial charge in [-0.15, -0.1) is 0 Å². The topological polar surface area (TPSA) is 86.7 Å². The minimum Gasteiger partial charge on any atom is -0.508 e. The summed E-state index contributed by atoms with van der Waals surface area (Å²) < 4.78 is 25.6. The smallest absolute Gasteiger partial charge is 0.243 e. The maximum Gasteiger partial charge on any atom is 0.243 e. The fraction of sp³-hybridized carbons (Fsp3) is 0.133. The summed E-state index contributed by atoms with van der Waals surface area (Å²) >= 11 is 5.74. The summed E-state index contributed by atoms with van der Waals surface area (Å²) in [6, 6.07) is 11.7. The number of phenolic OH excluding ortho intramolecular Hbond substituents is 1. The molecule has 0 aliphatic rings. The number of benzene rings is 2. The van der Waals surface area contributed by atoms with Crippen LogP contribution in [-0.4, -0.2) is 37.3 Å². The molecule has 0 fully saturated rings. The van der Waals surface area contributed by atoms with Crippen molar-refractivity contribution < 1.29 is 18.3 Å². The van der Waals surface area contributed by atoms with E-state index < -0.39 is 15.9 Å². The second kappa shape index (κ2) is 6.99. The van der Waals surface area contributed by atoms with Crippen LogP contribution in [0.15, 0.2) is 53.4 Å². The standard InChI is InChI=1S/C15H15ClN2O4S/c1-18(23(21,22)14-7-5-11(16)6-8-14)10-15(20)17-12-3-2-4-13(19)9-12/h2-9,19H,10H2,1H3,(H,17,20). The second-order valence-corrected chi connectivity index (χ2v) is 7.29. The highest BCUT2D eigenvalue weighted by molar-refractivity contribution is 7.89. The Kier molecular flexibility index (Phi) is 5.25. The average molecular weight is 355 g/mol. The van der Waals surface area contributed by atoms with Crippen molar-refractivity contribution in [3.05, 3.63) is 53.6 Å². The molecule has 2 N–H and O–H groups in total. The lowest BCUT2D eigenvalue weighted by Gasteiger charge is -2.17. The quantitative estimate of drug-likeness (QED) is 0.862. The Morgan fingerprint density at radius 3 is 2.48 bits per heavy atom. The van der Waals surface area contributed by atoms with Crippen molar-refractivity contribution in [2.75, 3.05) is 18.9 Å². The molecule has 0 saturated heterocycles. The molecule has 0 aliphatic carbocycles. The molecule has 1 amide bonds. The second-order valence-electron chi connectivity index (χ2n) is 4.81. The number of carbonyl (C=O) groups is 1. The van der Waals surface area contributed by atoms with E-state index in [0.29, 0.717) is 10.7 Å². The lowest BCUT2D eigenvalue weighted by atomic mass is 10.3. The fourth-order valence-electron chi connectivity index (χ4n) is 1.86. The molecule has 0 unspecified atom stereocenters. The van der Waals surface area contributed by atoms with Gasteiger partial charge >= 0.3 is 0 Å². The first kappa shape index (κ1) is 17.3. The number of anilines is 1. The lowest BCUT2D eigenvalue weighted by molar-refractivity contribution is -0.116. The SMILES string of the molecule is CN(CC(=O)Nc1cccc(O)c1)S(=O)(=O)c1ccc(Cl)cc1. The highest BCUT2D eigenvalue weighted by Crippen LogP contribution is 2.18. The Morgan fingerprint density at radius 1 is 1.22 bits per heavy atom. The molecule has 0 radical (unpaired) electrons. The first-order valence-corrected chi connectivity index (χ1v) is 8.41. The maximum absolute atomic E-state index is 12.3. The van der Waals surface area contributed by atoms with Crippen LogP contribution in [-0.2, 0) is 14.8 Å². The maximum atomic E-state index is 12.3. The average Bonchev–Trinajstić information content (AvgIpc) is 2.47. The minimum atomic E-state index is -3.79. The first-order valence-electron chi connectivity index (χ1n) is 6.60. The van der Waals surface area contributed by atoms with E-state index in [0.717, 1.165) is 4.31 Å². The zero-order chi connectivity index (χ0) is 17.0. The van der Waals surface area contributed by atoms with Gasteiger partial charge in [0, 0.05) is 23.8 Å². The van der Waals surface area contributed by atoms with Crippen molar-refractivity contribution in [3.8, 4) is 5.75 Å². The molecular formula is C15H15ClN2O4S. The third kappa shape index (κ3) is 4.44. The van der Waals surface area contributed by atoms with Crippen molar-refractivity contribution in [2.45, 2.75) is 4.90 Å². The van der Waals surface area contributed by atoms with Gasteiger partial charge in [-0.05, 0) is 36.4 Å². The zero-order valence-electron chi connectivity index (χ0n) is 12.2.